The number of benzene rings is 1. The van der Waals surface area contributed by atoms with Crippen LogP contribution in [-0.4, -0.2) is 34.5 Å². The van der Waals surface area contributed by atoms with Crippen molar-refractivity contribution in [2.45, 2.75) is 31.1 Å². The van der Waals surface area contributed by atoms with Crippen molar-refractivity contribution in [3.63, 3.8) is 0 Å². The molecule has 0 unspecified atom stereocenters. The number of nitrogens with one attached hydrogen (secondary N) is 2. The number of rotatable bonds is 9. The van der Waals surface area contributed by atoms with Crippen molar-refractivity contribution in [1.29, 1.82) is 0 Å². The van der Waals surface area contributed by atoms with Gasteiger partial charge in [-0.15, -0.1) is 0 Å². The fourth-order valence-electron chi connectivity index (χ4n) is 1.69. The highest BCUT2D eigenvalue weighted by molar-refractivity contribution is 7.89. The Labute approximate surface area is 118 Å². The Morgan fingerprint density at radius 2 is 1.85 bits per heavy atom. The molecule has 0 spiro atoms. The molecule has 0 fully saturated rings. The molecule has 0 bridgehead atoms. The summed E-state index contributed by atoms with van der Waals surface area (Å²) < 4.78 is 49.3. The second kappa shape index (κ2) is 8.28. The monoisotopic (exact) mass is 306 g/mol. The van der Waals surface area contributed by atoms with Gasteiger partial charge in [-0.05, 0) is 43.6 Å². The highest BCUT2D eigenvalue weighted by Crippen LogP contribution is 2.12. The Hall–Kier alpha value is -1.05. The Morgan fingerprint density at radius 1 is 1.20 bits per heavy atom. The molecular weight excluding hydrogens is 286 g/mol. The third kappa shape index (κ3) is 5.94. The highest BCUT2D eigenvalue weighted by atomic mass is 32.2. The summed E-state index contributed by atoms with van der Waals surface area (Å²) in [6.45, 7) is 3.00. The van der Waals surface area contributed by atoms with Gasteiger partial charge >= 0.3 is 0 Å². The van der Waals surface area contributed by atoms with Gasteiger partial charge in [0.05, 0.1) is 11.4 Å². The van der Waals surface area contributed by atoms with Crippen molar-refractivity contribution in [3.8, 4) is 0 Å². The molecule has 2 N–H and O–H groups in total. The normalized spacial score (nSPS) is 12.0. The van der Waals surface area contributed by atoms with Crippen LogP contribution in [0.15, 0.2) is 29.2 Å². The molecule has 0 atom stereocenters. The highest BCUT2D eigenvalue weighted by Gasteiger charge is 2.15. The van der Waals surface area contributed by atoms with Crippen LogP contribution in [0.5, 0.6) is 0 Å². The predicted octanol–water partition coefficient (Wildman–Crippen LogP) is 1.77. The van der Waals surface area contributed by atoms with Crippen LogP contribution >= 0.6 is 0 Å². The van der Waals surface area contributed by atoms with Crippen LogP contribution in [0, 0.1) is 0 Å². The summed E-state index contributed by atoms with van der Waals surface area (Å²) in [6.07, 6.45) is -0.892. The molecule has 0 radical (unpaired) electrons. The molecule has 0 aromatic heterocycles. The lowest BCUT2D eigenvalue weighted by Crippen LogP contribution is -2.28. The van der Waals surface area contributed by atoms with Gasteiger partial charge in [0, 0.05) is 0 Å². The van der Waals surface area contributed by atoms with E-state index in [1.807, 2.05) is 11.6 Å². The third-order valence-corrected chi connectivity index (χ3v) is 4.17. The van der Waals surface area contributed by atoms with Crippen LogP contribution in [0.25, 0.3) is 0 Å². The summed E-state index contributed by atoms with van der Waals surface area (Å²) in [4.78, 5) is 0.00795. The summed E-state index contributed by atoms with van der Waals surface area (Å²) in [7, 11) is -3.84. The largest absolute Gasteiger partial charge is 0.317 e. The molecule has 0 amide bonds. The van der Waals surface area contributed by atoms with Gasteiger partial charge in [-0.25, -0.2) is 21.9 Å². The maximum Gasteiger partial charge on any atom is 0.251 e. The summed E-state index contributed by atoms with van der Waals surface area (Å²) in [6, 6.07) is 6.30. The number of halogens is 2. The first kappa shape index (κ1) is 17.0. The Morgan fingerprint density at radius 3 is 2.40 bits per heavy atom. The van der Waals surface area contributed by atoms with Gasteiger partial charge in [-0.1, -0.05) is 19.1 Å². The van der Waals surface area contributed by atoms with Crippen molar-refractivity contribution < 1.29 is 17.2 Å². The number of aryl methyl sites for hydroxylation is 1. The van der Waals surface area contributed by atoms with E-state index < -0.39 is 23.0 Å². The number of hydrogen-bond donors (Lipinski definition) is 2. The first-order valence-corrected chi connectivity index (χ1v) is 8.01. The van der Waals surface area contributed by atoms with Crippen LogP contribution < -0.4 is 10.0 Å². The number of alkyl halides is 2. The minimum atomic E-state index is -3.84. The first-order chi connectivity index (χ1) is 9.45. The molecule has 0 heterocycles. The summed E-state index contributed by atoms with van der Waals surface area (Å²) in [5, 5.41) is 3.20. The average molecular weight is 306 g/mol. The zero-order chi connectivity index (χ0) is 15.0. The van der Waals surface area contributed by atoms with E-state index in [-0.39, 0.29) is 4.90 Å². The van der Waals surface area contributed by atoms with Crippen LogP contribution in [0.3, 0.4) is 0 Å². The van der Waals surface area contributed by atoms with Gasteiger partial charge in [0.1, 0.15) is 0 Å². The molecule has 0 saturated carbocycles. The van der Waals surface area contributed by atoms with Crippen LogP contribution in [0.1, 0.15) is 18.9 Å². The lowest BCUT2D eigenvalue weighted by molar-refractivity contribution is 0.153. The number of sulfonamides is 1. The van der Waals surface area contributed by atoms with E-state index in [1.165, 1.54) is 12.1 Å². The lowest BCUT2D eigenvalue weighted by atomic mass is 10.1. The van der Waals surface area contributed by atoms with Crippen molar-refractivity contribution >= 4 is 10.0 Å². The summed E-state index contributed by atoms with van der Waals surface area (Å²) in [5.74, 6) is 0. The van der Waals surface area contributed by atoms with E-state index in [4.69, 9.17) is 0 Å². The molecular formula is C13H20F2N2O2S. The van der Waals surface area contributed by atoms with Gasteiger partial charge in [-0.2, -0.15) is 0 Å². The van der Waals surface area contributed by atoms with Gasteiger partial charge < -0.3 is 5.32 Å². The molecule has 1 aromatic carbocycles. The van der Waals surface area contributed by atoms with E-state index >= 15 is 0 Å². The standard InChI is InChI=1S/C13H20F2N2O2S/c1-2-16-9-3-4-11-5-7-12(8-6-11)20(18,19)17-10-13(14)15/h5-8,13,16-17H,2-4,9-10H2,1H3. The van der Waals surface area contributed by atoms with Gasteiger partial charge in [0.2, 0.25) is 10.0 Å². The van der Waals surface area contributed by atoms with Crippen molar-refractivity contribution in [2.24, 2.45) is 0 Å². The molecule has 7 heteroatoms. The Balaban J connectivity index is 2.57. The van der Waals surface area contributed by atoms with Gasteiger partial charge in [0.25, 0.3) is 6.43 Å². The van der Waals surface area contributed by atoms with Crippen LogP contribution in [0.2, 0.25) is 0 Å². The van der Waals surface area contributed by atoms with Crippen molar-refractivity contribution in [2.75, 3.05) is 19.6 Å². The zero-order valence-corrected chi connectivity index (χ0v) is 12.2. The lowest BCUT2D eigenvalue weighted by Gasteiger charge is -2.07. The maximum atomic E-state index is 12.0. The van der Waals surface area contributed by atoms with E-state index in [9.17, 15) is 17.2 Å². The third-order valence-electron chi connectivity index (χ3n) is 2.73. The molecule has 1 rings (SSSR count). The molecule has 0 aliphatic heterocycles. The topological polar surface area (TPSA) is 58.2 Å². The van der Waals surface area contributed by atoms with Crippen molar-refractivity contribution in [3.05, 3.63) is 29.8 Å². The molecule has 4 nitrogen and oxygen atoms in total. The summed E-state index contributed by atoms with van der Waals surface area (Å²) in [5.41, 5.74) is 1.02. The average Bonchev–Trinajstić information content (AvgIpc) is 2.42. The van der Waals surface area contributed by atoms with Crippen LogP contribution in [-0.2, 0) is 16.4 Å². The molecule has 0 saturated heterocycles. The molecule has 114 valence electrons. The second-order valence-electron chi connectivity index (χ2n) is 4.34. The fraction of sp³-hybridized carbons (Fsp3) is 0.538. The fourth-order valence-corrected chi connectivity index (χ4v) is 2.69. The molecule has 0 aliphatic carbocycles. The Bertz CT molecular complexity index is 490. The van der Waals surface area contributed by atoms with E-state index in [2.05, 4.69) is 5.32 Å². The quantitative estimate of drug-likeness (QED) is 0.684. The minimum Gasteiger partial charge on any atom is -0.317 e. The predicted molar refractivity (Wildman–Crippen MR) is 74.5 cm³/mol. The van der Waals surface area contributed by atoms with Gasteiger partial charge in [0.15, 0.2) is 0 Å². The van der Waals surface area contributed by atoms with E-state index in [1.54, 1.807) is 12.1 Å². The smallest absolute Gasteiger partial charge is 0.251 e. The SMILES string of the molecule is CCNCCCc1ccc(S(=O)(=O)NCC(F)F)cc1. The zero-order valence-electron chi connectivity index (χ0n) is 11.4. The number of hydrogen-bond acceptors (Lipinski definition) is 3. The second-order valence-corrected chi connectivity index (χ2v) is 6.11. The molecule has 0 aliphatic rings. The van der Waals surface area contributed by atoms with Gasteiger partial charge in [-0.3, -0.25) is 0 Å². The molecule has 1 aromatic rings. The maximum absolute atomic E-state index is 12.0. The summed E-state index contributed by atoms with van der Waals surface area (Å²) >= 11 is 0. The van der Waals surface area contributed by atoms with E-state index in [0.29, 0.717) is 0 Å². The first-order valence-electron chi connectivity index (χ1n) is 6.53. The van der Waals surface area contributed by atoms with Crippen molar-refractivity contribution in [1.82, 2.24) is 10.0 Å². The Kier molecular flexibility index (Phi) is 7.04. The van der Waals surface area contributed by atoms with E-state index in [0.717, 1.165) is 31.5 Å². The van der Waals surface area contributed by atoms with Crippen LogP contribution in [0.4, 0.5) is 8.78 Å². The molecule has 20 heavy (non-hydrogen) atoms. The minimum absolute atomic E-state index is 0.00795.